The quantitative estimate of drug-likeness (QED) is 0.771. The first-order chi connectivity index (χ1) is 8.58. The summed E-state index contributed by atoms with van der Waals surface area (Å²) in [5, 5.41) is 3.71. The molecular weight excluding hydrogens is 340 g/mol. The van der Waals surface area contributed by atoms with Crippen LogP contribution in [0.3, 0.4) is 0 Å². The molecule has 2 rings (SSSR count). The molecule has 0 heterocycles. The van der Waals surface area contributed by atoms with Crippen molar-refractivity contribution in [2.75, 3.05) is 5.32 Å². The first-order valence-electron chi connectivity index (χ1n) is 5.20. The molecule has 0 unspecified atom stereocenters. The molecule has 0 atom stereocenters. The molecule has 0 radical (unpaired) electrons. The lowest BCUT2D eigenvalue weighted by Gasteiger charge is -2.09. The molecular formula is C13H9BrCl2FN. The van der Waals surface area contributed by atoms with Gasteiger partial charge in [0.05, 0.1) is 15.7 Å². The molecule has 0 fully saturated rings. The molecule has 94 valence electrons. The van der Waals surface area contributed by atoms with Crippen molar-refractivity contribution in [2.24, 2.45) is 0 Å². The second-order valence-corrected chi connectivity index (χ2v) is 5.37. The zero-order valence-corrected chi connectivity index (χ0v) is 12.3. The molecule has 0 amide bonds. The summed E-state index contributed by atoms with van der Waals surface area (Å²) in [6.45, 7) is 0.476. The topological polar surface area (TPSA) is 12.0 Å². The lowest BCUT2D eigenvalue weighted by molar-refractivity contribution is 0.630. The molecule has 0 aliphatic carbocycles. The largest absolute Gasteiger partial charge is 0.379 e. The zero-order chi connectivity index (χ0) is 13.1. The van der Waals surface area contributed by atoms with E-state index in [9.17, 15) is 4.39 Å². The summed E-state index contributed by atoms with van der Waals surface area (Å²) in [6.07, 6.45) is 0. The number of rotatable bonds is 3. The Morgan fingerprint density at radius 2 is 1.89 bits per heavy atom. The van der Waals surface area contributed by atoms with E-state index in [2.05, 4.69) is 21.2 Å². The lowest BCUT2D eigenvalue weighted by atomic mass is 10.2. The molecule has 0 spiro atoms. The van der Waals surface area contributed by atoms with E-state index in [1.807, 2.05) is 18.2 Å². The van der Waals surface area contributed by atoms with Gasteiger partial charge in [0.2, 0.25) is 0 Å². The fraction of sp³-hybridized carbons (Fsp3) is 0.0769. The first-order valence-corrected chi connectivity index (χ1v) is 6.74. The molecule has 5 heteroatoms. The highest BCUT2D eigenvalue weighted by Gasteiger charge is 2.06. The van der Waals surface area contributed by atoms with Crippen LogP contribution in [0, 0.1) is 5.82 Å². The Balaban J connectivity index is 2.11. The van der Waals surface area contributed by atoms with Crippen molar-refractivity contribution in [3.8, 4) is 0 Å². The number of anilines is 1. The minimum atomic E-state index is -0.442. The number of nitrogens with one attached hydrogen (secondary N) is 1. The monoisotopic (exact) mass is 347 g/mol. The molecule has 0 aliphatic rings. The van der Waals surface area contributed by atoms with Crippen LogP contribution in [0.5, 0.6) is 0 Å². The van der Waals surface area contributed by atoms with Crippen molar-refractivity contribution in [3.05, 3.63) is 62.3 Å². The molecule has 18 heavy (non-hydrogen) atoms. The number of benzene rings is 2. The third-order valence-corrected chi connectivity index (χ3v) is 3.94. The Morgan fingerprint density at radius 1 is 1.11 bits per heavy atom. The van der Waals surface area contributed by atoms with Crippen LogP contribution in [0.25, 0.3) is 0 Å². The maximum atomic E-state index is 13.6. The van der Waals surface area contributed by atoms with E-state index in [0.29, 0.717) is 17.3 Å². The van der Waals surface area contributed by atoms with Crippen molar-refractivity contribution in [2.45, 2.75) is 6.54 Å². The molecule has 0 aliphatic heterocycles. The molecule has 2 aromatic carbocycles. The summed E-state index contributed by atoms with van der Waals surface area (Å²) in [6, 6.07) is 10.4. The van der Waals surface area contributed by atoms with Crippen LogP contribution in [0.1, 0.15) is 5.56 Å². The number of hydrogen-bond donors (Lipinski definition) is 1. The molecule has 0 bridgehead atoms. The van der Waals surface area contributed by atoms with Crippen LogP contribution >= 0.6 is 39.1 Å². The van der Waals surface area contributed by atoms with Crippen molar-refractivity contribution in [1.29, 1.82) is 0 Å². The number of halogens is 4. The molecule has 0 saturated carbocycles. The van der Waals surface area contributed by atoms with Gasteiger partial charge in [0.1, 0.15) is 0 Å². The van der Waals surface area contributed by atoms with E-state index in [1.165, 1.54) is 6.07 Å². The van der Waals surface area contributed by atoms with E-state index < -0.39 is 5.82 Å². The van der Waals surface area contributed by atoms with Crippen LogP contribution < -0.4 is 5.32 Å². The maximum absolute atomic E-state index is 13.6. The fourth-order valence-corrected chi connectivity index (χ4v) is 2.11. The van der Waals surface area contributed by atoms with Gasteiger partial charge in [0.25, 0.3) is 0 Å². The lowest BCUT2D eigenvalue weighted by Crippen LogP contribution is -2.01. The second-order valence-electron chi connectivity index (χ2n) is 3.70. The Labute approximate surface area is 123 Å². The van der Waals surface area contributed by atoms with E-state index in [4.69, 9.17) is 23.2 Å². The highest BCUT2D eigenvalue weighted by atomic mass is 79.9. The summed E-state index contributed by atoms with van der Waals surface area (Å²) >= 11 is 15.0. The molecule has 1 N–H and O–H groups in total. The van der Waals surface area contributed by atoms with Gasteiger partial charge in [-0.3, -0.25) is 0 Å². The van der Waals surface area contributed by atoms with Gasteiger partial charge in [-0.2, -0.15) is 0 Å². The van der Waals surface area contributed by atoms with Gasteiger partial charge >= 0.3 is 0 Å². The summed E-state index contributed by atoms with van der Waals surface area (Å²) in [5.74, 6) is -0.442. The molecule has 0 saturated heterocycles. The third kappa shape index (κ3) is 3.16. The average Bonchev–Trinajstić information content (AvgIpc) is 2.35. The Hall–Kier alpha value is -0.770. The number of hydrogen-bond acceptors (Lipinski definition) is 1. The van der Waals surface area contributed by atoms with Crippen molar-refractivity contribution < 1.29 is 4.39 Å². The molecule has 1 nitrogen and oxygen atoms in total. The second kappa shape index (κ2) is 5.91. The van der Waals surface area contributed by atoms with Gasteiger partial charge in [0, 0.05) is 11.0 Å². The van der Waals surface area contributed by atoms with Crippen LogP contribution in [-0.2, 0) is 6.54 Å². The average molecular weight is 349 g/mol. The minimum absolute atomic E-state index is 0.105. The van der Waals surface area contributed by atoms with Gasteiger partial charge in [-0.25, -0.2) is 4.39 Å². The first kappa shape index (κ1) is 13.7. The zero-order valence-electron chi connectivity index (χ0n) is 9.18. The smallest absolute Gasteiger partial charge is 0.164 e. The predicted molar refractivity (Wildman–Crippen MR) is 77.9 cm³/mol. The predicted octanol–water partition coefficient (Wildman–Crippen LogP) is 5.51. The Kier molecular flexibility index (Phi) is 4.49. The molecule has 2 aromatic rings. The Morgan fingerprint density at radius 3 is 2.61 bits per heavy atom. The minimum Gasteiger partial charge on any atom is -0.379 e. The van der Waals surface area contributed by atoms with Gasteiger partial charge < -0.3 is 5.32 Å². The van der Waals surface area contributed by atoms with Crippen molar-refractivity contribution in [3.63, 3.8) is 0 Å². The SMILES string of the molecule is Fc1c(Cl)cccc1NCc1ccc(Br)c(Cl)c1. The van der Waals surface area contributed by atoms with Gasteiger partial charge in [-0.15, -0.1) is 0 Å². The summed E-state index contributed by atoms with van der Waals surface area (Å²) in [5.41, 5.74) is 1.34. The van der Waals surface area contributed by atoms with Crippen molar-refractivity contribution in [1.82, 2.24) is 0 Å². The maximum Gasteiger partial charge on any atom is 0.164 e. The van der Waals surface area contributed by atoms with Gasteiger partial charge in [0.15, 0.2) is 5.82 Å². The summed E-state index contributed by atoms with van der Waals surface area (Å²) < 4.78 is 14.5. The van der Waals surface area contributed by atoms with Gasteiger partial charge in [-0.05, 0) is 45.8 Å². The summed E-state index contributed by atoms with van der Waals surface area (Å²) in [4.78, 5) is 0. The van der Waals surface area contributed by atoms with Gasteiger partial charge in [-0.1, -0.05) is 35.3 Å². The van der Waals surface area contributed by atoms with Crippen molar-refractivity contribution >= 4 is 44.8 Å². The van der Waals surface area contributed by atoms with E-state index in [0.717, 1.165) is 10.0 Å². The summed E-state index contributed by atoms with van der Waals surface area (Å²) in [7, 11) is 0. The molecule has 0 aromatic heterocycles. The normalized spacial score (nSPS) is 10.4. The fourth-order valence-electron chi connectivity index (χ4n) is 1.49. The highest BCUT2D eigenvalue weighted by Crippen LogP contribution is 2.25. The standard InChI is InChI=1S/C13H9BrCl2FN/c14-9-5-4-8(6-11(9)16)7-18-12-3-1-2-10(15)13(12)17/h1-6,18H,7H2. The van der Waals surface area contributed by atoms with Crippen LogP contribution in [-0.4, -0.2) is 0 Å². The van der Waals surface area contributed by atoms with Crippen LogP contribution in [0.4, 0.5) is 10.1 Å². The van der Waals surface area contributed by atoms with E-state index in [-0.39, 0.29) is 5.02 Å². The third-order valence-electron chi connectivity index (χ3n) is 2.42. The van der Waals surface area contributed by atoms with E-state index >= 15 is 0 Å². The van der Waals surface area contributed by atoms with E-state index in [1.54, 1.807) is 12.1 Å². The van der Waals surface area contributed by atoms with Crippen LogP contribution in [0.2, 0.25) is 10.0 Å². The highest BCUT2D eigenvalue weighted by molar-refractivity contribution is 9.10. The Bertz CT molecular complexity index is 575. The van der Waals surface area contributed by atoms with Crippen LogP contribution in [0.15, 0.2) is 40.9 Å².